The van der Waals surface area contributed by atoms with Crippen LogP contribution in [0.3, 0.4) is 0 Å². The predicted octanol–water partition coefficient (Wildman–Crippen LogP) is 3.79. The summed E-state index contributed by atoms with van der Waals surface area (Å²) in [5, 5.41) is 0.610. The van der Waals surface area contributed by atoms with Crippen LogP contribution in [0.25, 0.3) is 0 Å². The van der Waals surface area contributed by atoms with E-state index in [4.69, 9.17) is 11.6 Å². The summed E-state index contributed by atoms with van der Waals surface area (Å²) in [5.41, 5.74) is 3.23. The second kappa shape index (κ2) is 6.55. The van der Waals surface area contributed by atoms with Crippen LogP contribution in [-0.2, 0) is 4.79 Å². The average Bonchev–Trinajstić information content (AvgIpc) is 2.60. The van der Waals surface area contributed by atoms with Crippen molar-refractivity contribution in [2.24, 2.45) is 4.99 Å². The Morgan fingerprint density at radius 1 is 1.48 bits per heavy atom. The van der Waals surface area contributed by atoms with Gasteiger partial charge in [-0.05, 0) is 30.7 Å². The van der Waals surface area contributed by atoms with E-state index in [2.05, 4.69) is 11.6 Å². The molecule has 2 rings (SSSR count). The van der Waals surface area contributed by atoms with Crippen LogP contribution in [0.2, 0.25) is 5.02 Å². The van der Waals surface area contributed by atoms with E-state index in [0.717, 1.165) is 22.5 Å². The van der Waals surface area contributed by atoms with Gasteiger partial charge in [-0.1, -0.05) is 42.5 Å². The molecule has 0 aliphatic carbocycles. The number of anilines is 1. The first kappa shape index (κ1) is 15.3. The van der Waals surface area contributed by atoms with Crippen molar-refractivity contribution in [3.05, 3.63) is 65.2 Å². The summed E-state index contributed by atoms with van der Waals surface area (Å²) in [6, 6.07) is 5.45. The van der Waals surface area contributed by atoms with E-state index in [1.54, 1.807) is 24.1 Å². The van der Waals surface area contributed by atoms with Crippen LogP contribution in [-0.4, -0.2) is 25.2 Å². The third-order valence-corrected chi connectivity index (χ3v) is 3.52. The van der Waals surface area contributed by atoms with Crippen LogP contribution in [0, 0.1) is 0 Å². The molecule has 1 aliphatic rings. The van der Waals surface area contributed by atoms with Crippen LogP contribution in [0.1, 0.15) is 12.5 Å². The highest BCUT2D eigenvalue weighted by Crippen LogP contribution is 2.28. The van der Waals surface area contributed by atoms with Gasteiger partial charge in [0.15, 0.2) is 0 Å². The molecule has 1 heterocycles. The van der Waals surface area contributed by atoms with Crippen molar-refractivity contribution >= 4 is 28.9 Å². The molecule has 0 bridgehead atoms. The summed E-state index contributed by atoms with van der Waals surface area (Å²) in [5.74, 6) is -0.0528. The Hall–Kier alpha value is -2.13. The van der Waals surface area contributed by atoms with Gasteiger partial charge in [-0.2, -0.15) is 0 Å². The highest BCUT2D eigenvalue weighted by molar-refractivity contribution is 6.32. The van der Waals surface area contributed by atoms with Gasteiger partial charge in [-0.25, -0.2) is 0 Å². The summed E-state index contributed by atoms with van der Waals surface area (Å²) in [7, 11) is 1.75. The molecule has 0 fully saturated rings. The molecule has 1 aromatic carbocycles. The number of carbonyl (C=O) groups is 1. The molecule has 21 heavy (non-hydrogen) atoms. The molecular weight excluding hydrogens is 284 g/mol. The number of likely N-dealkylation sites (N-methyl/N-ethyl adjacent to an activating group) is 1. The van der Waals surface area contributed by atoms with Crippen molar-refractivity contribution in [2.75, 3.05) is 18.5 Å². The smallest absolute Gasteiger partial charge is 0.248 e. The molecule has 0 saturated heterocycles. The van der Waals surface area contributed by atoms with E-state index in [1.807, 2.05) is 37.3 Å². The Kier molecular flexibility index (Phi) is 4.76. The summed E-state index contributed by atoms with van der Waals surface area (Å²) in [6.45, 7) is 5.89. The van der Waals surface area contributed by atoms with E-state index in [-0.39, 0.29) is 12.5 Å². The van der Waals surface area contributed by atoms with E-state index < -0.39 is 0 Å². The fourth-order valence-corrected chi connectivity index (χ4v) is 2.33. The average molecular weight is 301 g/mol. The van der Waals surface area contributed by atoms with Crippen LogP contribution in [0.5, 0.6) is 0 Å². The topological polar surface area (TPSA) is 32.7 Å². The SMILES string of the molecule is C=C/C(=C\C=C/C)C1=NCC(=O)N(C)c2ccc(Cl)cc21. The highest BCUT2D eigenvalue weighted by atomic mass is 35.5. The molecule has 3 nitrogen and oxygen atoms in total. The molecule has 108 valence electrons. The maximum atomic E-state index is 12.1. The van der Waals surface area contributed by atoms with E-state index in [1.165, 1.54) is 0 Å². The maximum absolute atomic E-state index is 12.1. The van der Waals surface area contributed by atoms with Gasteiger partial charge in [0.25, 0.3) is 0 Å². The molecule has 0 spiro atoms. The number of fused-ring (bicyclic) bond motifs is 1. The normalized spacial score (nSPS) is 15.8. The minimum atomic E-state index is -0.0528. The third kappa shape index (κ3) is 3.14. The molecule has 0 saturated carbocycles. The van der Waals surface area contributed by atoms with Gasteiger partial charge in [0, 0.05) is 17.6 Å². The van der Waals surface area contributed by atoms with Crippen LogP contribution < -0.4 is 4.90 Å². The van der Waals surface area contributed by atoms with E-state index >= 15 is 0 Å². The van der Waals surface area contributed by atoms with Gasteiger partial charge in [0.05, 0.1) is 11.4 Å². The summed E-state index contributed by atoms with van der Waals surface area (Å²) in [6.07, 6.45) is 7.50. The molecular formula is C17H17ClN2O. The number of halogens is 1. The zero-order valence-electron chi connectivity index (χ0n) is 12.1. The van der Waals surface area contributed by atoms with Crippen molar-refractivity contribution < 1.29 is 4.79 Å². The Labute approximate surface area is 129 Å². The Balaban J connectivity index is 2.66. The van der Waals surface area contributed by atoms with Crippen LogP contribution in [0.4, 0.5) is 5.69 Å². The van der Waals surface area contributed by atoms with Gasteiger partial charge < -0.3 is 4.90 Å². The van der Waals surface area contributed by atoms with Crippen molar-refractivity contribution in [2.45, 2.75) is 6.92 Å². The van der Waals surface area contributed by atoms with Gasteiger partial charge in [-0.3, -0.25) is 9.79 Å². The van der Waals surface area contributed by atoms with E-state index in [9.17, 15) is 4.79 Å². The lowest BCUT2D eigenvalue weighted by Gasteiger charge is -2.18. The van der Waals surface area contributed by atoms with Crippen LogP contribution in [0.15, 0.2) is 59.6 Å². The zero-order valence-corrected chi connectivity index (χ0v) is 12.9. The Morgan fingerprint density at radius 2 is 2.24 bits per heavy atom. The van der Waals surface area contributed by atoms with Gasteiger partial charge in [0.1, 0.15) is 6.54 Å². The summed E-state index contributed by atoms with van der Waals surface area (Å²) < 4.78 is 0. The number of benzene rings is 1. The Bertz CT molecular complexity index is 671. The standard InChI is InChI=1S/C17H17ClN2O/c1-4-6-7-12(5-2)17-14-10-13(18)8-9-15(14)20(3)16(21)11-19-17/h4-10H,2,11H2,1,3H3/b6-4-,12-7+. The lowest BCUT2D eigenvalue weighted by atomic mass is 9.99. The third-order valence-electron chi connectivity index (χ3n) is 3.28. The number of allylic oxidation sites excluding steroid dienone is 5. The van der Waals surface area contributed by atoms with Gasteiger partial charge in [-0.15, -0.1) is 0 Å². The highest BCUT2D eigenvalue weighted by Gasteiger charge is 2.22. The first-order valence-corrected chi connectivity index (χ1v) is 7.03. The first-order chi connectivity index (χ1) is 10.1. The minimum absolute atomic E-state index is 0.0528. The fraction of sp³-hybridized carbons (Fsp3) is 0.176. The van der Waals surface area contributed by atoms with Crippen molar-refractivity contribution in [3.63, 3.8) is 0 Å². The molecule has 0 N–H and O–H groups in total. The predicted molar refractivity (Wildman–Crippen MR) is 89.4 cm³/mol. The minimum Gasteiger partial charge on any atom is -0.313 e. The van der Waals surface area contributed by atoms with Gasteiger partial charge in [0.2, 0.25) is 5.91 Å². The maximum Gasteiger partial charge on any atom is 0.248 e. The number of hydrogen-bond acceptors (Lipinski definition) is 2. The monoisotopic (exact) mass is 300 g/mol. The van der Waals surface area contributed by atoms with Gasteiger partial charge >= 0.3 is 0 Å². The Morgan fingerprint density at radius 3 is 2.90 bits per heavy atom. The number of aliphatic imine (C=N–C) groups is 1. The molecule has 4 heteroatoms. The quantitative estimate of drug-likeness (QED) is 0.782. The molecule has 0 aromatic heterocycles. The largest absolute Gasteiger partial charge is 0.313 e. The van der Waals surface area contributed by atoms with Crippen LogP contribution >= 0.6 is 11.6 Å². The summed E-state index contributed by atoms with van der Waals surface area (Å²) >= 11 is 6.11. The number of amides is 1. The second-order valence-corrected chi connectivity index (χ2v) is 5.07. The number of hydrogen-bond donors (Lipinski definition) is 0. The molecule has 0 radical (unpaired) electrons. The lowest BCUT2D eigenvalue weighted by Crippen LogP contribution is -2.27. The second-order valence-electron chi connectivity index (χ2n) is 4.63. The molecule has 0 atom stereocenters. The molecule has 1 amide bonds. The number of nitrogens with zero attached hydrogens (tertiary/aromatic N) is 2. The fourth-order valence-electron chi connectivity index (χ4n) is 2.15. The van der Waals surface area contributed by atoms with Crippen molar-refractivity contribution in [1.29, 1.82) is 0 Å². The first-order valence-electron chi connectivity index (χ1n) is 6.65. The number of benzodiazepines with no additional fused rings is 1. The molecule has 1 aromatic rings. The molecule has 1 aliphatic heterocycles. The zero-order chi connectivity index (χ0) is 15.4. The van der Waals surface area contributed by atoms with E-state index in [0.29, 0.717) is 5.02 Å². The number of carbonyl (C=O) groups excluding carboxylic acids is 1. The number of rotatable bonds is 3. The van der Waals surface area contributed by atoms with Crippen molar-refractivity contribution in [1.82, 2.24) is 0 Å². The lowest BCUT2D eigenvalue weighted by molar-refractivity contribution is -0.116. The van der Waals surface area contributed by atoms with Crippen molar-refractivity contribution in [3.8, 4) is 0 Å². The molecule has 0 unspecified atom stereocenters. The summed E-state index contributed by atoms with van der Waals surface area (Å²) in [4.78, 5) is 18.1.